The molecule has 0 aromatic carbocycles. The van der Waals surface area contributed by atoms with Crippen LogP contribution in [0.1, 0.15) is 53.9 Å². The molecule has 1 saturated heterocycles. The van der Waals surface area contributed by atoms with Gasteiger partial charge in [0.05, 0.1) is 0 Å². The van der Waals surface area contributed by atoms with Gasteiger partial charge in [0.2, 0.25) is 0 Å². The molecule has 1 rings (SSSR count). The van der Waals surface area contributed by atoms with E-state index in [-0.39, 0.29) is 30.2 Å². The standard InChI is InChI=1S/C22H32N2O12S/c1-6-14(29)7-8-15(21(30)31)23-22(37)24-20-19(35-13(5)28)18(34-12(4)27)17(33-11(3)26)16(36-20)9-32-10(2)25/h15-20H,6-9H2,1-5H3,(H,30,31)(H2,23,24,37)/t15-,16+,17+,18-,19+,20+/m0/s1. The molecule has 15 heteroatoms. The van der Waals surface area contributed by atoms with Crippen LogP contribution in [0.3, 0.4) is 0 Å². The monoisotopic (exact) mass is 548 g/mol. The predicted octanol–water partition coefficient (Wildman–Crippen LogP) is -0.254. The number of hydrogen-bond donors (Lipinski definition) is 3. The molecule has 37 heavy (non-hydrogen) atoms. The van der Waals surface area contributed by atoms with Crippen LogP contribution in [-0.2, 0) is 52.5 Å². The predicted molar refractivity (Wildman–Crippen MR) is 127 cm³/mol. The highest BCUT2D eigenvalue weighted by Crippen LogP contribution is 2.28. The lowest BCUT2D eigenvalue weighted by atomic mass is 9.97. The molecule has 3 N–H and O–H groups in total. The molecule has 0 radical (unpaired) electrons. The summed E-state index contributed by atoms with van der Waals surface area (Å²) in [6.07, 6.45) is -6.57. The Morgan fingerprint density at radius 1 is 0.892 bits per heavy atom. The van der Waals surface area contributed by atoms with E-state index in [4.69, 9.17) is 35.9 Å². The molecule has 0 amide bonds. The van der Waals surface area contributed by atoms with Gasteiger partial charge in [-0.3, -0.25) is 24.0 Å². The Labute approximate surface area is 218 Å². The van der Waals surface area contributed by atoms with Crippen LogP contribution in [0.2, 0.25) is 0 Å². The molecule has 0 aromatic rings. The molecule has 6 atom stereocenters. The first kappa shape index (κ1) is 31.7. The van der Waals surface area contributed by atoms with Gasteiger partial charge >= 0.3 is 29.8 Å². The van der Waals surface area contributed by atoms with Gasteiger partial charge in [-0.25, -0.2) is 4.79 Å². The Hall–Kier alpha value is -3.33. The molecule has 14 nitrogen and oxygen atoms in total. The number of ketones is 1. The van der Waals surface area contributed by atoms with Gasteiger partial charge in [0, 0.05) is 40.5 Å². The quantitative estimate of drug-likeness (QED) is 0.164. The first-order valence-corrected chi connectivity index (χ1v) is 11.8. The van der Waals surface area contributed by atoms with E-state index < -0.39 is 73.1 Å². The number of carbonyl (C=O) groups excluding carboxylic acids is 5. The molecule has 0 bridgehead atoms. The Morgan fingerprint density at radius 2 is 1.43 bits per heavy atom. The number of ether oxygens (including phenoxy) is 5. The first-order valence-electron chi connectivity index (χ1n) is 11.4. The summed E-state index contributed by atoms with van der Waals surface area (Å²) < 4.78 is 26.7. The van der Waals surface area contributed by atoms with E-state index in [0.717, 1.165) is 27.7 Å². The van der Waals surface area contributed by atoms with E-state index in [2.05, 4.69) is 10.6 Å². The molecule has 208 valence electrons. The largest absolute Gasteiger partial charge is 0.480 e. The van der Waals surface area contributed by atoms with Crippen LogP contribution in [0.5, 0.6) is 0 Å². The van der Waals surface area contributed by atoms with Crippen molar-refractivity contribution in [3.05, 3.63) is 0 Å². The highest BCUT2D eigenvalue weighted by atomic mass is 32.1. The summed E-state index contributed by atoms with van der Waals surface area (Å²) in [4.78, 5) is 70.2. The van der Waals surface area contributed by atoms with Gasteiger partial charge in [-0.05, 0) is 18.6 Å². The van der Waals surface area contributed by atoms with E-state index in [9.17, 15) is 33.9 Å². The zero-order valence-electron chi connectivity index (χ0n) is 21.1. The summed E-state index contributed by atoms with van der Waals surface area (Å²) in [5.41, 5.74) is 0. The number of esters is 4. The minimum Gasteiger partial charge on any atom is -0.480 e. The lowest BCUT2D eigenvalue weighted by molar-refractivity contribution is -0.254. The van der Waals surface area contributed by atoms with E-state index in [1.807, 2.05) is 0 Å². The van der Waals surface area contributed by atoms with Crippen molar-refractivity contribution in [2.24, 2.45) is 0 Å². The van der Waals surface area contributed by atoms with Crippen LogP contribution in [0.25, 0.3) is 0 Å². The number of Topliss-reactive ketones (excluding diaryl/α,β-unsaturated/α-hetero) is 1. The molecule has 1 fully saturated rings. The summed E-state index contributed by atoms with van der Waals surface area (Å²) in [5, 5.41) is 14.4. The molecule has 0 unspecified atom stereocenters. The fourth-order valence-corrected chi connectivity index (χ4v) is 3.67. The molecule has 1 aliphatic heterocycles. The Balaban J connectivity index is 3.26. The first-order chi connectivity index (χ1) is 17.2. The summed E-state index contributed by atoms with van der Waals surface area (Å²) in [7, 11) is 0. The third-order valence-electron chi connectivity index (χ3n) is 4.97. The Kier molecular flexibility index (Phi) is 12.9. The van der Waals surface area contributed by atoms with Crippen molar-refractivity contribution in [3.63, 3.8) is 0 Å². The number of carboxylic acid groups (broad SMARTS) is 1. The Morgan fingerprint density at radius 3 is 1.92 bits per heavy atom. The fourth-order valence-electron chi connectivity index (χ4n) is 3.41. The van der Waals surface area contributed by atoms with Crippen molar-refractivity contribution in [2.45, 2.75) is 90.6 Å². The second-order valence-electron chi connectivity index (χ2n) is 8.06. The van der Waals surface area contributed by atoms with Crippen molar-refractivity contribution in [1.82, 2.24) is 10.6 Å². The number of hydrogen-bond acceptors (Lipinski definition) is 12. The minimum absolute atomic E-state index is 0.00211. The highest BCUT2D eigenvalue weighted by Gasteiger charge is 2.52. The molecule has 1 heterocycles. The summed E-state index contributed by atoms with van der Waals surface area (Å²) in [6, 6.07) is -1.24. The third-order valence-corrected chi connectivity index (χ3v) is 5.21. The van der Waals surface area contributed by atoms with Crippen LogP contribution >= 0.6 is 12.2 Å². The lowest BCUT2D eigenvalue weighted by Crippen LogP contribution is -2.67. The molecule has 0 aromatic heterocycles. The number of nitrogens with one attached hydrogen (secondary N) is 2. The zero-order chi connectivity index (χ0) is 28.3. The molecule has 1 aliphatic rings. The minimum atomic E-state index is -1.43. The lowest BCUT2D eigenvalue weighted by Gasteiger charge is -2.44. The molecular formula is C22H32N2O12S. The second kappa shape index (κ2) is 15.0. The fraction of sp³-hybridized carbons (Fsp3) is 0.682. The molecule has 0 spiro atoms. The Bertz CT molecular complexity index is 895. The van der Waals surface area contributed by atoms with Gasteiger partial charge in [-0.1, -0.05) is 6.92 Å². The summed E-state index contributed by atoms with van der Waals surface area (Å²) in [5.74, 6) is -4.48. The van der Waals surface area contributed by atoms with Gasteiger partial charge in [-0.15, -0.1) is 0 Å². The third kappa shape index (κ3) is 11.1. The van der Waals surface area contributed by atoms with E-state index in [0.29, 0.717) is 0 Å². The molecule has 0 aliphatic carbocycles. The van der Waals surface area contributed by atoms with Crippen molar-refractivity contribution in [3.8, 4) is 0 Å². The van der Waals surface area contributed by atoms with Gasteiger partial charge in [-0.2, -0.15) is 0 Å². The number of carboxylic acids is 1. The van der Waals surface area contributed by atoms with Crippen molar-refractivity contribution < 1.29 is 57.6 Å². The maximum Gasteiger partial charge on any atom is 0.326 e. The van der Waals surface area contributed by atoms with Crippen molar-refractivity contribution >= 4 is 53.0 Å². The number of carbonyl (C=O) groups is 6. The smallest absolute Gasteiger partial charge is 0.326 e. The molecular weight excluding hydrogens is 516 g/mol. The number of aliphatic carboxylic acids is 1. The number of rotatable bonds is 12. The maximum atomic E-state index is 11.9. The van der Waals surface area contributed by atoms with Gasteiger partial charge in [0.15, 0.2) is 29.7 Å². The van der Waals surface area contributed by atoms with E-state index >= 15 is 0 Å². The van der Waals surface area contributed by atoms with Crippen molar-refractivity contribution in [2.75, 3.05) is 6.61 Å². The second-order valence-corrected chi connectivity index (χ2v) is 8.47. The van der Waals surface area contributed by atoms with Crippen molar-refractivity contribution in [1.29, 1.82) is 0 Å². The van der Waals surface area contributed by atoms with E-state index in [1.54, 1.807) is 6.92 Å². The van der Waals surface area contributed by atoms with Crippen LogP contribution < -0.4 is 10.6 Å². The SMILES string of the molecule is CCC(=O)CC[C@H](NC(=S)N[C@@H]1O[C@H](COC(C)=O)[C@@H](OC(C)=O)[C@H](OC(C)=O)[C@H]1OC(C)=O)C(=O)O. The molecule has 0 saturated carbocycles. The van der Waals surface area contributed by atoms with Crippen LogP contribution in [-0.4, -0.2) is 89.1 Å². The summed E-state index contributed by atoms with van der Waals surface area (Å²) in [6.45, 7) is 5.60. The maximum absolute atomic E-state index is 11.9. The van der Waals surface area contributed by atoms with Crippen LogP contribution in [0.15, 0.2) is 0 Å². The van der Waals surface area contributed by atoms with E-state index in [1.165, 1.54) is 0 Å². The zero-order valence-corrected chi connectivity index (χ0v) is 22.0. The summed E-state index contributed by atoms with van der Waals surface area (Å²) >= 11 is 5.21. The van der Waals surface area contributed by atoms with Gasteiger partial charge in [0.25, 0.3) is 0 Å². The highest BCUT2D eigenvalue weighted by molar-refractivity contribution is 7.80. The number of thiocarbonyl (C=S) groups is 1. The van der Waals surface area contributed by atoms with Crippen LogP contribution in [0, 0.1) is 0 Å². The van der Waals surface area contributed by atoms with Crippen LogP contribution in [0.4, 0.5) is 0 Å². The average molecular weight is 549 g/mol. The topological polar surface area (TPSA) is 193 Å². The van der Waals surface area contributed by atoms with Gasteiger partial charge in [0.1, 0.15) is 24.5 Å². The van der Waals surface area contributed by atoms with Gasteiger partial charge < -0.3 is 39.4 Å². The average Bonchev–Trinajstić information content (AvgIpc) is 2.77. The normalized spacial score (nSPS) is 23.5.